The number of benzene rings is 2. The van der Waals surface area contributed by atoms with E-state index in [-0.39, 0.29) is 23.1 Å². The second kappa shape index (κ2) is 9.81. The molecule has 0 radical (unpaired) electrons. The van der Waals surface area contributed by atoms with Gasteiger partial charge in [0.05, 0.1) is 0 Å². The summed E-state index contributed by atoms with van der Waals surface area (Å²) in [5.74, 6) is -0.608. The number of carbonyl (C=O) groups is 2. The molecule has 2 amide bonds. The van der Waals surface area contributed by atoms with Gasteiger partial charge in [-0.1, -0.05) is 56.3 Å². The predicted molar refractivity (Wildman–Crippen MR) is 128 cm³/mol. The fraction of sp³-hybridized carbons (Fsp3) is 0.346. The van der Waals surface area contributed by atoms with Gasteiger partial charge in [0.25, 0.3) is 11.8 Å². The lowest BCUT2D eigenvalue weighted by Crippen LogP contribution is -2.37. The first kappa shape index (κ1) is 23.3. The Morgan fingerprint density at radius 2 is 1.62 bits per heavy atom. The lowest BCUT2D eigenvalue weighted by atomic mass is 10.0. The summed E-state index contributed by atoms with van der Waals surface area (Å²) in [7, 11) is 1.68. The second-order valence-corrected chi connectivity index (χ2v) is 8.86. The molecule has 6 nitrogen and oxygen atoms in total. The summed E-state index contributed by atoms with van der Waals surface area (Å²) < 4.78 is 1.74. The van der Waals surface area contributed by atoms with Crippen molar-refractivity contribution >= 4 is 22.6 Å². The molecule has 1 N–H and O–H groups in total. The minimum Gasteiger partial charge on any atom is -0.352 e. The van der Waals surface area contributed by atoms with Crippen molar-refractivity contribution in [3.8, 4) is 0 Å². The van der Waals surface area contributed by atoms with Crippen LogP contribution in [0.25, 0.3) is 10.8 Å². The number of rotatable bonds is 7. The number of fused-ring (bicyclic) bond motifs is 1. The summed E-state index contributed by atoms with van der Waals surface area (Å²) in [6.07, 6.45) is 3.08. The van der Waals surface area contributed by atoms with Crippen molar-refractivity contribution in [3.05, 3.63) is 81.8 Å². The number of hydrogen-bond donors (Lipinski definition) is 1. The molecule has 1 aromatic heterocycles. The minimum atomic E-state index is -0.544. The van der Waals surface area contributed by atoms with E-state index in [1.807, 2.05) is 70.2 Å². The third kappa shape index (κ3) is 5.07. The largest absolute Gasteiger partial charge is 0.352 e. The van der Waals surface area contributed by atoms with E-state index >= 15 is 0 Å². The van der Waals surface area contributed by atoms with E-state index in [1.54, 1.807) is 17.8 Å². The Morgan fingerprint density at radius 3 is 2.31 bits per heavy atom. The van der Waals surface area contributed by atoms with Gasteiger partial charge < -0.3 is 14.8 Å². The third-order valence-electron chi connectivity index (χ3n) is 5.42. The maximum atomic E-state index is 13.3. The van der Waals surface area contributed by atoms with Crippen LogP contribution in [0.4, 0.5) is 0 Å². The summed E-state index contributed by atoms with van der Waals surface area (Å²) in [4.78, 5) is 40.6. The van der Waals surface area contributed by atoms with Gasteiger partial charge in [-0.15, -0.1) is 0 Å². The number of nitrogens with one attached hydrogen (secondary N) is 1. The highest BCUT2D eigenvalue weighted by Gasteiger charge is 2.22. The normalized spacial score (nSPS) is 11.2. The van der Waals surface area contributed by atoms with Gasteiger partial charge in [0, 0.05) is 38.6 Å². The maximum Gasteiger partial charge on any atom is 0.259 e. The maximum absolute atomic E-state index is 13.3. The molecule has 0 fully saturated rings. The predicted octanol–water partition coefficient (Wildman–Crippen LogP) is 4.24. The molecular weight excluding hydrogens is 402 g/mol. The van der Waals surface area contributed by atoms with Crippen LogP contribution in [-0.2, 0) is 6.54 Å². The summed E-state index contributed by atoms with van der Waals surface area (Å²) in [5, 5.41) is 4.94. The van der Waals surface area contributed by atoms with Gasteiger partial charge in [0.2, 0.25) is 5.43 Å². The molecule has 2 aromatic carbocycles. The van der Waals surface area contributed by atoms with E-state index in [9.17, 15) is 14.4 Å². The number of hydrogen-bond acceptors (Lipinski definition) is 3. The highest BCUT2D eigenvalue weighted by Crippen LogP contribution is 2.20. The van der Waals surface area contributed by atoms with Crippen molar-refractivity contribution in [2.24, 2.45) is 5.92 Å². The average molecular weight is 434 g/mol. The van der Waals surface area contributed by atoms with Gasteiger partial charge >= 0.3 is 0 Å². The Kier molecular flexibility index (Phi) is 7.13. The summed E-state index contributed by atoms with van der Waals surface area (Å²) in [6, 6.07) is 14.0. The first-order valence-electron chi connectivity index (χ1n) is 10.9. The smallest absolute Gasteiger partial charge is 0.259 e. The Morgan fingerprint density at radius 1 is 0.969 bits per heavy atom. The zero-order valence-electron chi connectivity index (χ0n) is 19.4. The number of amides is 2. The van der Waals surface area contributed by atoms with Crippen molar-refractivity contribution < 1.29 is 9.59 Å². The lowest BCUT2D eigenvalue weighted by molar-refractivity contribution is 0.0783. The van der Waals surface area contributed by atoms with Gasteiger partial charge in [0.15, 0.2) is 0 Å². The Hall–Kier alpha value is -3.41. The molecule has 0 saturated carbocycles. The van der Waals surface area contributed by atoms with Crippen LogP contribution in [0.5, 0.6) is 0 Å². The molecule has 168 valence electrons. The zero-order valence-corrected chi connectivity index (χ0v) is 19.4. The Labute approximate surface area is 188 Å². The van der Waals surface area contributed by atoms with Crippen molar-refractivity contribution in [3.63, 3.8) is 0 Å². The summed E-state index contributed by atoms with van der Waals surface area (Å²) >= 11 is 0. The number of aromatic nitrogens is 1. The van der Waals surface area contributed by atoms with E-state index in [4.69, 9.17) is 0 Å². The highest BCUT2D eigenvalue weighted by atomic mass is 16.2. The van der Waals surface area contributed by atoms with E-state index in [1.165, 1.54) is 11.1 Å². The molecule has 0 aliphatic carbocycles. The quantitative estimate of drug-likeness (QED) is 0.606. The molecular formula is C26H31N3O3. The van der Waals surface area contributed by atoms with Crippen molar-refractivity contribution in [2.45, 2.75) is 40.3 Å². The van der Waals surface area contributed by atoms with Crippen LogP contribution < -0.4 is 10.7 Å². The standard InChI is InChI=1S/C26H31N3O3/c1-17(2)13-27-25(31)22-15-29(18(3)4)16-23(24(22)30)26(32)28(5)14-20-11-8-10-19-9-6-7-12-21(19)20/h6-12,15-18H,13-14H2,1-5H3,(H,27,31). The van der Waals surface area contributed by atoms with E-state index in [2.05, 4.69) is 5.32 Å². The summed E-state index contributed by atoms with van der Waals surface area (Å²) in [5.41, 5.74) is 0.439. The van der Waals surface area contributed by atoms with Gasteiger partial charge in [-0.2, -0.15) is 0 Å². The number of nitrogens with zero attached hydrogens (tertiary/aromatic N) is 2. The molecule has 3 rings (SSSR count). The molecule has 0 aliphatic rings. The molecule has 6 heteroatoms. The Balaban J connectivity index is 1.95. The fourth-order valence-corrected chi connectivity index (χ4v) is 3.57. The molecule has 1 heterocycles. The van der Waals surface area contributed by atoms with Gasteiger partial charge in [-0.3, -0.25) is 14.4 Å². The molecule has 0 saturated heterocycles. The van der Waals surface area contributed by atoms with Crippen LogP contribution in [0.2, 0.25) is 0 Å². The fourth-order valence-electron chi connectivity index (χ4n) is 3.57. The van der Waals surface area contributed by atoms with E-state index in [0.717, 1.165) is 16.3 Å². The lowest BCUT2D eigenvalue weighted by Gasteiger charge is -2.20. The molecule has 0 bridgehead atoms. The van der Waals surface area contributed by atoms with Crippen molar-refractivity contribution in [2.75, 3.05) is 13.6 Å². The SMILES string of the molecule is CC(C)CNC(=O)c1cn(C(C)C)cc(C(=O)N(C)Cc2cccc3ccccc23)c1=O. The monoisotopic (exact) mass is 433 g/mol. The van der Waals surface area contributed by atoms with Crippen molar-refractivity contribution in [1.82, 2.24) is 14.8 Å². The van der Waals surface area contributed by atoms with Crippen LogP contribution in [-0.4, -0.2) is 34.9 Å². The topological polar surface area (TPSA) is 71.4 Å². The summed E-state index contributed by atoms with van der Waals surface area (Å²) in [6.45, 7) is 8.65. The number of pyridine rings is 1. The molecule has 0 unspecified atom stereocenters. The first-order chi connectivity index (χ1) is 15.2. The van der Waals surface area contributed by atoms with Crippen LogP contribution in [0, 0.1) is 5.92 Å². The second-order valence-electron chi connectivity index (χ2n) is 8.86. The molecule has 0 spiro atoms. The molecule has 0 aliphatic heterocycles. The van der Waals surface area contributed by atoms with Crippen LogP contribution in [0.15, 0.2) is 59.7 Å². The average Bonchev–Trinajstić information content (AvgIpc) is 2.77. The third-order valence-corrected chi connectivity index (χ3v) is 5.42. The molecule has 3 aromatic rings. The van der Waals surface area contributed by atoms with Crippen molar-refractivity contribution in [1.29, 1.82) is 0 Å². The number of carbonyl (C=O) groups excluding carboxylic acids is 2. The highest BCUT2D eigenvalue weighted by molar-refractivity contribution is 5.99. The zero-order chi connectivity index (χ0) is 23.4. The van der Waals surface area contributed by atoms with Gasteiger partial charge in [0.1, 0.15) is 11.1 Å². The minimum absolute atomic E-state index is 0.00127. The van der Waals surface area contributed by atoms with E-state index < -0.39 is 17.2 Å². The Bertz CT molecular complexity index is 1190. The van der Waals surface area contributed by atoms with Crippen LogP contribution >= 0.6 is 0 Å². The van der Waals surface area contributed by atoms with Gasteiger partial charge in [-0.25, -0.2) is 0 Å². The molecule has 32 heavy (non-hydrogen) atoms. The van der Waals surface area contributed by atoms with Gasteiger partial charge in [-0.05, 0) is 36.1 Å². The van der Waals surface area contributed by atoms with Crippen LogP contribution in [0.3, 0.4) is 0 Å². The first-order valence-corrected chi connectivity index (χ1v) is 10.9. The van der Waals surface area contributed by atoms with Crippen LogP contribution in [0.1, 0.15) is 60.0 Å². The van der Waals surface area contributed by atoms with E-state index in [0.29, 0.717) is 13.1 Å². The molecule has 0 atom stereocenters.